The monoisotopic (exact) mass is 130 g/mol. The molecule has 2 nitrogen and oxygen atoms in total. The lowest BCUT2D eigenvalue weighted by Gasteiger charge is -2.08. The van der Waals surface area contributed by atoms with Gasteiger partial charge in [0.1, 0.15) is 0 Å². The summed E-state index contributed by atoms with van der Waals surface area (Å²) < 4.78 is 4.95. The normalized spacial score (nSPS) is 13.2. The van der Waals surface area contributed by atoms with Crippen LogP contribution in [-0.2, 0) is 4.74 Å². The van der Waals surface area contributed by atoms with E-state index in [1.807, 2.05) is 6.92 Å². The van der Waals surface area contributed by atoms with Gasteiger partial charge in [-0.1, -0.05) is 6.58 Å². The first kappa shape index (κ1) is 8.66. The van der Waals surface area contributed by atoms with Crippen molar-refractivity contribution < 1.29 is 9.84 Å². The molecule has 0 fully saturated rings. The van der Waals surface area contributed by atoms with Gasteiger partial charge >= 0.3 is 0 Å². The van der Waals surface area contributed by atoms with E-state index in [9.17, 15) is 0 Å². The Hall–Kier alpha value is -0.340. The molecule has 0 aromatic heterocycles. The van der Waals surface area contributed by atoms with Crippen molar-refractivity contribution in [1.29, 1.82) is 0 Å². The average Bonchev–Trinajstić information content (AvgIpc) is 1.82. The Bertz CT molecular complexity index is 88.9. The summed E-state index contributed by atoms with van der Waals surface area (Å²) in [5, 5.41) is 9.03. The predicted molar refractivity (Wildman–Crippen MR) is 37.3 cm³/mol. The minimum absolute atomic E-state index is 0.367. The first-order chi connectivity index (χ1) is 4.18. The van der Waals surface area contributed by atoms with Crippen LogP contribution in [0.2, 0.25) is 0 Å². The maximum atomic E-state index is 9.03. The van der Waals surface area contributed by atoms with Crippen LogP contribution < -0.4 is 0 Å². The van der Waals surface area contributed by atoms with E-state index in [4.69, 9.17) is 9.84 Å². The minimum atomic E-state index is -0.495. The smallest absolute Gasteiger partial charge is 0.0978 e. The van der Waals surface area contributed by atoms with Crippen LogP contribution in [0.3, 0.4) is 0 Å². The molecule has 54 valence electrons. The first-order valence-corrected chi connectivity index (χ1v) is 3.09. The Kier molecular flexibility index (Phi) is 4.36. The Morgan fingerprint density at radius 2 is 2.33 bits per heavy atom. The van der Waals surface area contributed by atoms with Gasteiger partial charge in [0.15, 0.2) is 0 Å². The summed E-state index contributed by atoms with van der Waals surface area (Å²) in [6.45, 7) is 8.26. The van der Waals surface area contributed by atoms with Gasteiger partial charge < -0.3 is 9.84 Å². The van der Waals surface area contributed by atoms with Crippen molar-refractivity contribution >= 4 is 0 Å². The summed E-state index contributed by atoms with van der Waals surface area (Å²) in [4.78, 5) is 0. The molecule has 0 spiro atoms. The number of hydrogen-bond donors (Lipinski definition) is 1. The third-order valence-electron chi connectivity index (χ3n) is 1.05. The molecule has 1 atom stereocenters. The molecule has 0 aliphatic heterocycles. The summed E-state index contributed by atoms with van der Waals surface area (Å²) in [6, 6.07) is 0. The van der Waals surface area contributed by atoms with Gasteiger partial charge in [0, 0.05) is 6.61 Å². The molecular weight excluding hydrogens is 116 g/mol. The van der Waals surface area contributed by atoms with E-state index in [1.54, 1.807) is 6.92 Å². The summed E-state index contributed by atoms with van der Waals surface area (Å²) in [5.41, 5.74) is 0.753. The molecule has 0 saturated heterocycles. The van der Waals surface area contributed by atoms with Crippen LogP contribution >= 0.6 is 0 Å². The van der Waals surface area contributed by atoms with Crippen LogP contribution in [-0.4, -0.2) is 24.4 Å². The van der Waals surface area contributed by atoms with E-state index >= 15 is 0 Å². The second kappa shape index (κ2) is 4.53. The fourth-order valence-electron chi connectivity index (χ4n) is 0.372. The lowest BCUT2D eigenvalue weighted by atomic mass is 10.2. The highest BCUT2D eigenvalue weighted by Crippen LogP contribution is 1.96. The van der Waals surface area contributed by atoms with Gasteiger partial charge in [0.05, 0.1) is 12.7 Å². The van der Waals surface area contributed by atoms with Crippen LogP contribution in [0, 0.1) is 0 Å². The molecule has 9 heavy (non-hydrogen) atoms. The highest BCUT2D eigenvalue weighted by molar-refractivity contribution is 4.96. The third kappa shape index (κ3) is 4.18. The highest BCUT2D eigenvalue weighted by atomic mass is 16.5. The van der Waals surface area contributed by atoms with Crippen molar-refractivity contribution in [2.75, 3.05) is 13.2 Å². The van der Waals surface area contributed by atoms with Gasteiger partial charge in [-0.2, -0.15) is 0 Å². The van der Waals surface area contributed by atoms with E-state index in [-0.39, 0.29) is 0 Å². The van der Waals surface area contributed by atoms with E-state index in [0.717, 1.165) is 5.57 Å². The van der Waals surface area contributed by atoms with Crippen molar-refractivity contribution in [2.24, 2.45) is 0 Å². The molecule has 1 unspecified atom stereocenters. The van der Waals surface area contributed by atoms with Crippen molar-refractivity contribution in [3.05, 3.63) is 12.2 Å². The van der Waals surface area contributed by atoms with Crippen LogP contribution in [0.1, 0.15) is 13.8 Å². The molecule has 0 radical (unpaired) electrons. The molecular formula is C7H14O2. The second-order valence-corrected chi connectivity index (χ2v) is 2.02. The Balaban J connectivity index is 3.27. The largest absolute Gasteiger partial charge is 0.386 e. The topological polar surface area (TPSA) is 29.5 Å². The number of aliphatic hydroxyl groups excluding tert-OH is 1. The molecule has 0 heterocycles. The van der Waals surface area contributed by atoms with Gasteiger partial charge in [-0.3, -0.25) is 0 Å². The fraction of sp³-hybridized carbons (Fsp3) is 0.714. The van der Waals surface area contributed by atoms with Crippen molar-refractivity contribution in [3.63, 3.8) is 0 Å². The number of aliphatic hydroxyl groups is 1. The molecule has 1 N–H and O–H groups in total. The zero-order valence-electron chi connectivity index (χ0n) is 6.05. The first-order valence-electron chi connectivity index (χ1n) is 3.09. The summed E-state index contributed by atoms with van der Waals surface area (Å²) in [6.07, 6.45) is -0.495. The van der Waals surface area contributed by atoms with Crippen LogP contribution in [0.15, 0.2) is 12.2 Å². The fourth-order valence-corrected chi connectivity index (χ4v) is 0.372. The van der Waals surface area contributed by atoms with Gasteiger partial charge in [0.2, 0.25) is 0 Å². The zero-order valence-corrected chi connectivity index (χ0v) is 6.05. The summed E-state index contributed by atoms with van der Waals surface area (Å²) in [7, 11) is 0. The van der Waals surface area contributed by atoms with Gasteiger partial charge in [-0.25, -0.2) is 0 Å². The van der Waals surface area contributed by atoms with Gasteiger partial charge in [0.25, 0.3) is 0 Å². The SMILES string of the molecule is C=C(C)C(O)COCC. The third-order valence-corrected chi connectivity index (χ3v) is 1.05. The number of ether oxygens (including phenoxy) is 1. The molecule has 0 amide bonds. The standard InChI is InChI=1S/C7H14O2/c1-4-9-5-7(8)6(2)3/h7-8H,2,4-5H2,1,3H3. The molecule has 2 heteroatoms. The highest BCUT2D eigenvalue weighted by Gasteiger charge is 2.01. The maximum absolute atomic E-state index is 9.03. The molecule has 0 aliphatic carbocycles. The Morgan fingerprint density at radius 3 is 2.67 bits per heavy atom. The van der Waals surface area contributed by atoms with E-state index < -0.39 is 6.10 Å². The second-order valence-electron chi connectivity index (χ2n) is 2.02. The number of rotatable bonds is 4. The Labute approximate surface area is 56.1 Å². The van der Waals surface area contributed by atoms with E-state index in [0.29, 0.717) is 13.2 Å². The molecule has 0 bridgehead atoms. The van der Waals surface area contributed by atoms with Crippen LogP contribution in [0.4, 0.5) is 0 Å². The van der Waals surface area contributed by atoms with Crippen molar-refractivity contribution in [3.8, 4) is 0 Å². The lowest BCUT2D eigenvalue weighted by Crippen LogP contribution is -2.15. The molecule has 0 aliphatic rings. The van der Waals surface area contributed by atoms with Gasteiger partial charge in [-0.15, -0.1) is 0 Å². The van der Waals surface area contributed by atoms with Crippen molar-refractivity contribution in [2.45, 2.75) is 20.0 Å². The Morgan fingerprint density at radius 1 is 1.78 bits per heavy atom. The summed E-state index contributed by atoms with van der Waals surface area (Å²) >= 11 is 0. The molecule has 0 aromatic carbocycles. The number of hydrogen-bond acceptors (Lipinski definition) is 2. The maximum Gasteiger partial charge on any atom is 0.0978 e. The van der Waals surface area contributed by atoms with Crippen LogP contribution in [0.25, 0.3) is 0 Å². The van der Waals surface area contributed by atoms with Crippen LogP contribution in [0.5, 0.6) is 0 Å². The van der Waals surface area contributed by atoms with E-state index in [1.165, 1.54) is 0 Å². The predicted octanol–water partition coefficient (Wildman–Crippen LogP) is 0.960. The van der Waals surface area contributed by atoms with Gasteiger partial charge in [-0.05, 0) is 19.4 Å². The zero-order chi connectivity index (χ0) is 7.28. The lowest BCUT2D eigenvalue weighted by molar-refractivity contribution is 0.0615. The summed E-state index contributed by atoms with van der Waals surface area (Å²) in [5.74, 6) is 0. The van der Waals surface area contributed by atoms with Crippen molar-refractivity contribution in [1.82, 2.24) is 0 Å². The molecule has 0 rings (SSSR count). The quantitative estimate of drug-likeness (QED) is 0.574. The molecule has 0 aromatic rings. The molecule has 0 saturated carbocycles. The minimum Gasteiger partial charge on any atom is -0.386 e. The van der Waals surface area contributed by atoms with E-state index in [2.05, 4.69) is 6.58 Å². The average molecular weight is 130 g/mol.